The summed E-state index contributed by atoms with van der Waals surface area (Å²) in [7, 11) is 0. The number of allylic oxidation sites excluding steroid dienone is 2. The molecule has 98 valence electrons. The van der Waals surface area contributed by atoms with E-state index in [2.05, 4.69) is 64.9 Å². The Hall–Kier alpha value is -1.48. The van der Waals surface area contributed by atoms with Crippen LogP contribution in [0.1, 0.15) is 5.56 Å². The molecule has 2 aliphatic rings. The molecular formula is C16H18N2S. The highest BCUT2D eigenvalue weighted by Crippen LogP contribution is 2.29. The van der Waals surface area contributed by atoms with Crippen LogP contribution in [0.5, 0.6) is 0 Å². The minimum absolute atomic E-state index is 0.404. The molecular weight excluding hydrogens is 252 g/mol. The van der Waals surface area contributed by atoms with Gasteiger partial charge < -0.3 is 5.32 Å². The first-order valence-corrected chi connectivity index (χ1v) is 7.77. The molecule has 2 unspecified atom stereocenters. The van der Waals surface area contributed by atoms with E-state index in [1.807, 2.05) is 11.8 Å². The van der Waals surface area contributed by atoms with Gasteiger partial charge in [0.1, 0.15) is 5.84 Å². The molecule has 0 spiro atoms. The third kappa shape index (κ3) is 3.10. The highest BCUT2D eigenvalue weighted by molar-refractivity contribution is 7.99. The molecule has 1 heterocycles. The van der Waals surface area contributed by atoms with Crippen molar-refractivity contribution in [1.29, 1.82) is 0 Å². The topological polar surface area (TPSA) is 24.4 Å². The molecule has 2 atom stereocenters. The van der Waals surface area contributed by atoms with Crippen LogP contribution in [0.25, 0.3) is 0 Å². The van der Waals surface area contributed by atoms with E-state index in [1.165, 1.54) is 5.56 Å². The Morgan fingerprint density at radius 2 is 2.00 bits per heavy atom. The van der Waals surface area contributed by atoms with Crippen LogP contribution in [-0.4, -0.2) is 24.2 Å². The first-order chi connectivity index (χ1) is 9.43. The minimum Gasteiger partial charge on any atom is -0.371 e. The monoisotopic (exact) mass is 270 g/mol. The van der Waals surface area contributed by atoms with E-state index < -0.39 is 0 Å². The largest absolute Gasteiger partial charge is 0.371 e. The fraction of sp³-hybridized carbons (Fsp3) is 0.312. The molecule has 0 bridgehead atoms. The number of nitrogens with one attached hydrogen (secondary N) is 1. The van der Waals surface area contributed by atoms with Crippen molar-refractivity contribution in [1.82, 2.24) is 5.32 Å². The maximum atomic E-state index is 4.57. The fourth-order valence-corrected chi connectivity index (χ4v) is 3.61. The number of thioether (sulfide) groups is 1. The van der Waals surface area contributed by atoms with E-state index in [4.69, 9.17) is 0 Å². The van der Waals surface area contributed by atoms with Crippen LogP contribution >= 0.6 is 11.8 Å². The molecule has 2 nitrogen and oxygen atoms in total. The van der Waals surface area contributed by atoms with E-state index >= 15 is 0 Å². The average Bonchev–Trinajstić information content (AvgIpc) is 3.01. The lowest BCUT2D eigenvalue weighted by atomic mass is 9.99. The Kier molecular flexibility index (Phi) is 4.04. The molecule has 0 fully saturated rings. The van der Waals surface area contributed by atoms with Gasteiger partial charge in [0.25, 0.3) is 0 Å². The highest BCUT2D eigenvalue weighted by Gasteiger charge is 2.25. The number of rotatable bonds is 4. The van der Waals surface area contributed by atoms with Crippen LogP contribution in [-0.2, 0) is 5.75 Å². The second-order valence-corrected chi connectivity index (χ2v) is 5.92. The van der Waals surface area contributed by atoms with Gasteiger partial charge in [-0.25, -0.2) is 0 Å². The summed E-state index contributed by atoms with van der Waals surface area (Å²) in [5.41, 5.74) is 1.38. The molecule has 1 aliphatic carbocycles. The summed E-state index contributed by atoms with van der Waals surface area (Å²) in [6, 6.07) is 10.7. The molecule has 19 heavy (non-hydrogen) atoms. The third-order valence-corrected chi connectivity index (χ3v) is 4.72. The molecule has 0 saturated carbocycles. The zero-order valence-corrected chi connectivity index (χ0v) is 11.6. The van der Waals surface area contributed by atoms with Gasteiger partial charge in [-0.3, -0.25) is 4.99 Å². The maximum Gasteiger partial charge on any atom is 0.105 e. The van der Waals surface area contributed by atoms with Gasteiger partial charge >= 0.3 is 0 Å². The van der Waals surface area contributed by atoms with Crippen molar-refractivity contribution >= 4 is 17.6 Å². The van der Waals surface area contributed by atoms with Gasteiger partial charge in [0.05, 0.1) is 6.54 Å². The predicted molar refractivity (Wildman–Crippen MR) is 83.6 cm³/mol. The van der Waals surface area contributed by atoms with E-state index in [-0.39, 0.29) is 0 Å². The van der Waals surface area contributed by atoms with Crippen LogP contribution in [0.15, 0.2) is 59.6 Å². The van der Waals surface area contributed by atoms with Crippen molar-refractivity contribution in [3.63, 3.8) is 0 Å². The van der Waals surface area contributed by atoms with Gasteiger partial charge in [-0.1, -0.05) is 54.6 Å². The highest BCUT2D eigenvalue weighted by atomic mass is 32.2. The number of aliphatic imine (C=N–C) groups is 1. The summed E-state index contributed by atoms with van der Waals surface area (Å²) in [6.07, 6.45) is 8.84. The maximum absolute atomic E-state index is 4.57. The second-order valence-electron chi connectivity index (χ2n) is 4.75. The van der Waals surface area contributed by atoms with E-state index in [1.54, 1.807) is 0 Å². The molecule has 1 N–H and O–H groups in total. The van der Waals surface area contributed by atoms with Gasteiger partial charge in [0.15, 0.2) is 0 Å². The van der Waals surface area contributed by atoms with Crippen molar-refractivity contribution in [3.8, 4) is 0 Å². The Balaban J connectivity index is 1.65. The van der Waals surface area contributed by atoms with Crippen LogP contribution < -0.4 is 5.32 Å². The predicted octanol–water partition coefficient (Wildman–Crippen LogP) is 3.03. The van der Waals surface area contributed by atoms with Gasteiger partial charge in [0.2, 0.25) is 0 Å². The first-order valence-electron chi connectivity index (χ1n) is 6.72. The Morgan fingerprint density at radius 1 is 1.16 bits per heavy atom. The second kappa shape index (κ2) is 6.11. The zero-order chi connectivity index (χ0) is 12.9. The molecule has 0 radical (unpaired) electrons. The Bertz CT molecular complexity index is 505. The molecule has 1 aliphatic heterocycles. The quantitative estimate of drug-likeness (QED) is 0.909. The van der Waals surface area contributed by atoms with E-state index in [0.717, 1.165) is 24.7 Å². The summed E-state index contributed by atoms with van der Waals surface area (Å²) in [5.74, 6) is 2.61. The summed E-state index contributed by atoms with van der Waals surface area (Å²) in [6.45, 7) is 1.90. The van der Waals surface area contributed by atoms with Crippen LogP contribution in [0.2, 0.25) is 0 Å². The van der Waals surface area contributed by atoms with Crippen LogP contribution in [0, 0.1) is 5.92 Å². The van der Waals surface area contributed by atoms with Crippen LogP contribution in [0.4, 0.5) is 0 Å². The lowest BCUT2D eigenvalue weighted by molar-refractivity contribution is 0.844. The van der Waals surface area contributed by atoms with Gasteiger partial charge in [0, 0.05) is 23.5 Å². The lowest BCUT2D eigenvalue weighted by Crippen LogP contribution is -2.32. The smallest absolute Gasteiger partial charge is 0.105 e. The SMILES string of the molecule is C1=CC(SCc2ccccc2)C(C2=NCCN2)C=C1. The third-order valence-electron chi connectivity index (χ3n) is 3.39. The molecule has 3 heteroatoms. The summed E-state index contributed by atoms with van der Waals surface area (Å²) in [4.78, 5) is 4.57. The van der Waals surface area contributed by atoms with Crippen molar-refractivity contribution in [2.24, 2.45) is 10.9 Å². The van der Waals surface area contributed by atoms with Crippen LogP contribution in [0.3, 0.4) is 0 Å². The molecule has 0 amide bonds. The number of nitrogens with zero attached hydrogens (tertiary/aromatic N) is 1. The summed E-state index contributed by atoms with van der Waals surface area (Å²) < 4.78 is 0. The molecule has 0 aromatic heterocycles. The average molecular weight is 270 g/mol. The Morgan fingerprint density at radius 3 is 2.79 bits per heavy atom. The minimum atomic E-state index is 0.404. The zero-order valence-electron chi connectivity index (χ0n) is 10.8. The molecule has 1 aromatic rings. The summed E-state index contributed by atoms with van der Waals surface area (Å²) >= 11 is 1.99. The fourth-order valence-electron chi connectivity index (χ4n) is 2.40. The van der Waals surface area contributed by atoms with Crippen molar-refractivity contribution in [2.75, 3.05) is 13.1 Å². The number of amidine groups is 1. The molecule has 1 aromatic carbocycles. The number of hydrogen-bond acceptors (Lipinski definition) is 3. The number of benzene rings is 1. The van der Waals surface area contributed by atoms with Gasteiger partial charge in [-0.15, -0.1) is 11.8 Å². The number of hydrogen-bond donors (Lipinski definition) is 1. The van der Waals surface area contributed by atoms with Crippen molar-refractivity contribution in [3.05, 3.63) is 60.2 Å². The standard InChI is InChI=1S/C16H18N2S/c1-2-6-13(7-3-1)12-19-15-9-5-4-8-14(15)16-17-10-11-18-16/h1-9,14-15H,10-12H2,(H,17,18). The van der Waals surface area contributed by atoms with E-state index in [9.17, 15) is 0 Å². The molecule has 0 saturated heterocycles. The summed E-state index contributed by atoms with van der Waals surface area (Å²) in [5, 5.41) is 3.89. The first kappa shape index (κ1) is 12.5. The Labute approximate surface area is 118 Å². The van der Waals surface area contributed by atoms with Crippen molar-refractivity contribution < 1.29 is 0 Å². The van der Waals surface area contributed by atoms with Gasteiger partial charge in [-0.2, -0.15) is 0 Å². The normalized spacial score (nSPS) is 25.2. The van der Waals surface area contributed by atoms with Crippen molar-refractivity contribution in [2.45, 2.75) is 11.0 Å². The van der Waals surface area contributed by atoms with E-state index in [0.29, 0.717) is 11.2 Å². The lowest BCUT2D eigenvalue weighted by Gasteiger charge is -2.24. The molecule has 3 rings (SSSR count). The van der Waals surface area contributed by atoms with Gasteiger partial charge in [-0.05, 0) is 5.56 Å².